The Labute approximate surface area is 123 Å². The molecule has 0 aromatic rings. The highest BCUT2D eigenvalue weighted by atomic mass is 16.5. The minimum atomic E-state index is -0.600. The molecule has 0 spiro atoms. The largest absolute Gasteiger partial charge is 0.393 e. The molecule has 0 bridgehead atoms. The fraction of sp³-hybridized carbons (Fsp3) is 1.00. The molecule has 2 rings (SSSR count). The summed E-state index contributed by atoms with van der Waals surface area (Å²) >= 11 is 0. The zero-order valence-corrected chi connectivity index (χ0v) is 13.1. The van der Waals surface area contributed by atoms with Crippen LogP contribution in [0.4, 0.5) is 0 Å². The molecule has 118 valence electrons. The van der Waals surface area contributed by atoms with Crippen LogP contribution in [0.25, 0.3) is 0 Å². The summed E-state index contributed by atoms with van der Waals surface area (Å²) < 4.78 is 5.32. The minimum Gasteiger partial charge on any atom is -0.393 e. The molecule has 3 unspecified atom stereocenters. The minimum absolute atomic E-state index is 0.162. The second-order valence-electron chi connectivity index (χ2n) is 6.95. The summed E-state index contributed by atoms with van der Waals surface area (Å²) in [5.74, 6) is 1.13. The Bertz CT molecular complexity index is 291. The van der Waals surface area contributed by atoms with Crippen molar-refractivity contribution in [3.63, 3.8) is 0 Å². The van der Waals surface area contributed by atoms with E-state index in [2.05, 4.69) is 18.9 Å². The first-order chi connectivity index (χ1) is 9.52. The molecule has 1 aliphatic heterocycles. The summed E-state index contributed by atoms with van der Waals surface area (Å²) in [5, 5.41) is 20.7. The second-order valence-corrected chi connectivity index (χ2v) is 6.95. The maximum atomic E-state index is 10.6. The van der Waals surface area contributed by atoms with Crippen molar-refractivity contribution in [2.45, 2.75) is 57.2 Å². The highest BCUT2D eigenvalue weighted by Gasteiger charge is 2.33. The molecule has 3 atom stereocenters. The molecule has 4 heteroatoms. The summed E-state index contributed by atoms with van der Waals surface area (Å²) in [6.45, 7) is 5.15. The van der Waals surface area contributed by atoms with Gasteiger partial charge in [0.05, 0.1) is 11.7 Å². The van der Waals surface area contributed by atoms with Crippen LogP contribution in [0.15, 0.2) is 0 Å². The molecule has 0 radical (unpaired) electrons. The molecule has 1 saturated heterocycles. The van der Waals surface area contributed by atoms with Gasteiger partial charge in [-0.25, -0.2) is 0 Å². The van der Waals surface area contributed by atoms with Gasteiger partial charge in [0.2, 0.25) is 0 Å². The highest BCUT2D eigenvalue weighted by Crippen LogP contribution is 2.32. The van der Waals surface area contributed by atoms with Crippen molar-refractivity contribution < 1.29 is 14.9 Å². The van der Waals surface area contributed by atoms with Crippen LogP contribution < -0.4 is 0 Å². The standard InChI is InChI=1S/C16H31NO3/c1-3-13-4-5-15(18)14(10-13)11-17(2)12-16(19)6-8-20-9-7-16/h13-15,18-19H,3-12H2,1-2H3. The van der Waals surface area contributed by atoms with E-state index in [1.807, 2.05) is 0 Å². The quantitative estimate of drug-likeness (QED) is 0.806. The Balaban J connectivity index is 1.81. The van der Waals surface area contributed by atoms with Crippen LogP contribution in [0, 0.1) is 11.8 Å². The van der Waals surface area contributed by atoms with Crippen LogP contribution in [0.3, 0.4) is 0 Å². The van der Waals surface area contributed by atoms with Gasteiger partial charge >= 0.3 is 0 Å². The Morgan fingerprint density at radius 3 is 2.60 bits per heavy atom. The number of nitrogens with zero attached hydrogens (tertiary/aromatic N) is 1. The number of aliphatic hydroxyl groups is 2. The van der Waals surface area contributed by atoms with Gasteiger partial charge in [-0.2, -0.15) is 0 Å². The first kappa shape index (κ1) is 16.2. The fourth-order valence-electron chi connectivity index (χ4n) is 3.79. The Morgan fingerprint density at radius 1 is 1.25 bits per heavy atom. The Hall–Kier alpha value is -0.160. The molecule has 1 saturated carbocycles. The molecule has 2 fully saturated rings. The van der Waals surface area contributed by atoms with Crippen LogP contribution in [-0.4, -0.2) is 60.2 Å². The van der Waals surface area contributed by atoms with Crippen molar-refractivity contribution in [1.82, 2.24) is 4.90 Å². The van der Waals surface area contributed by atoms with Crippen LogP contribution in [0.2, 0.25) is 0 Å². The maximum absolute atomic E-state index is 10.6. The van der Waals surface area contributed by atoms with E-state index in [4.69, 9.17) is 4.74 Å². The lowest BCUT2D eigenvalue weighted by Gasteiger charge is -2.39. The molecule has 2 N–H and O–H groups in total. The normalized spacial score (nSPS) is 34.4. The Kier molecular flexibility index (Phi) is 5.84. The summed E-state index contributed by atoms with van der Waals surface area (Å²) in [7, 11) is 2.07. The van der Waals surface area contributed by atoms with Gasteiger partial charge < -0.3 is 19.8 Å². The highest BCUT2D eigenvalue weighted by molar-refractivity contribution is 4.86. The van der Waals surface area contributed by atoms with Crippen LogP contribution in [0.5, 0.6) is 0 Å². The summed E-state index contributed by atoms with van der Waals surface area (Å²) in [4.78, 5) is 2.21. The summed E-state index contributed by atoms with van der Waals surface area (Å²) in [6.07, 6.45) is 5.74. The molecule has 4 nitrogen and oxygen atoms in total. The molecule has 2 aliphatic rings. The van der Waals surface area contributed by atoms with E-state index in [1.165, 1.54) is 12.8 Å². The molecule has 1 heterocycles. The fourth-order valence-corrected chi connectivity index (χ4v) is 3.79. The van der Waals surface area contributed by atoms with E-state index < -0.39 is 5.60 Å². The van der Waals surface area contributed by atoms with Gasteiger partial charge in [-0.15, -0.1) is 0 Å². The average molecular weight is 285 g/mol. The van der Waals surface area contributed by atoms with Gasteiger partial charge in [-0.3, -0.25) is 0 Å². The van der Waals surface area contributed by atoms with E-state index in [0.717, 1.165) is 38.1 Å². The monoisotopic (exact) mass is 285 g/mol. The molecule has 1 aliphatic carbocycles. The lowest BCUT2D eigenvalue weighted by molar-refractivity contribution is -0.0814. The zero-order chi connectivity index (χ0) is 14.6. The first-order valence-electron chi connectivity index (χ1n) is 8.19. The molecular weight excluding hydrogens is 254 g/mol. The third-order valence-electron chi connectivity index (χ3n) is 5.16. The third kappa shape index (κ3) is 4.42. The smallest absolute Gasteiger partial charge is 0.0817 e. The van der Waals surface area contributed by atoms with Gasteiger partial charge in [0.1, 0.15) is 0 Å². The van der Waals surface area contributed by atoms with Gasteiger partial charge in [0.15, 0.2) is 0 Å². The number of hydrogen-bond donors (Lipinski definition) is 2. The number of rotatable bonds is 5. The molecule has 0 aromatic heterocycles. The van der Waals surface area contributed by atoms with Crippen LogP contribution in [-0.2, 0) is 4.74 Å². The molecular formula is C16H31NO3. The van der Waals surface area contributed by atoms with Crippen molar-refractivity contribution in [3.05, 3.63) is 0 Å². The number of likely N-dealkylation sites (N-methyl/N-ethyl adjacent to an activating group) is 1. The third-order valence-corrected chi connectivity index (χ3v) is 5.16. The Morgan fingerprint density at radius 2 is 1.95 bits per heavy atom. The maximum Gasteiger partial charge on any atom is 0.0817 e. The predicted molar refractivity (Wildman–Crippen MR) is 79.6 cm³/mol. The van der Waals surface area contributed by atoms with Crippen molar-refractivity contribution in [3.8, 4) is 0 Å². The van der Waals surface area contributed by atoms with E-state index in [0.29, 0.717) is 25.7 Å². The van der Waals surface area contributed by atoms with Crippen LogP contribution >= 0.6 is 0 Å². The summed E-state index contributed by atoms with van der Waals surface area (Å²) in [6, 6.07) is 0. The van der Waals surface area contributed by atoms with E-state index >= 15 is 0 Å². The van der Waals surface area contributed by atoms with E-state index in [-0.39, 0.29) is 6.10 Å². The van der Waals surface area contributed by atoms with Crippen LogP contribution in [0.1, 0.15) is 45.4 Å². The van der Waals surface area contributed by atoms with Gasteiger partial charge in [0, 0.05) is 39.1 Å². The zero-order valence-electron chi connectivity index (χ0n) is 13.1. The van der Waals surface area contributed by atoms with Gasteiger partial charge in [-0.1, -0.05) is 13.3 Å². The first-order valence-corrected chi connectivity index (χ1v) is 8.19. The van der Waals surface area contributed by atoms with Gasteiger partial charge in [-0.05, 0) is 38.1 Å². The number of aliphatic hydroxyl groups excluding tert-OH is 1. The van der Waals surface area contributed by atoms with Crippen molar-refractivity contribution in [2.24, 2.45) is 11.8 Å². The molecule has 0 aromatic carbocycles. The predicted octanol–water partition coefficient (Wildman–Crippen LogP) is 1.65. The molecule has 0 amide bonds. The summed E-state index contributed by atoms with van der Waals surface area (Å²) in [5.41, 5.74) is -0.600. The van der Waals surface area contributed by atoms with E-state index in [9.17, 15) is 10.2 Å². The second kappa shape index (κ2) is 7.21. The average Bonchev–Trinajstić information content (AvgIpc) is 2.41. The SMILES string of the molecule is CCC1CCC(O)C(CN(C)CC2(O)CCOCC2)C1. The topological polar surface area (TPSA) is 52.9 Å². The lowest BCUT2D eigenvalue weighted by Crippen LogP contribution is -2.48. The molecule has 20 heavy (non-hydrogen) atoms. The van der Waals surface area contributed by atoms with E-state index in [1.54, 1.807) is 0 Å². The van der Waals surface area contributed by atoms with Crippen molar-refractivity contribution in [1.29, 1.82) is 0 Å². The lowest BCUT2D eigenvalue weighted by atomic mass is 9.78. The number of ether oxygens (including phenoxy) is 1. The van der Waals surface area contributed by atoms with Crippen molar-refractivity contribution >= 4 is 0 Å². The van der Waals surface area contributed by atoms with Gasteiger partial charge in [0.25, 0.3) is 0 Å². The van der Waals surface area contributed by atoms with Crippen molar-refractivity contribution in [2.75, 3.05) is 33.4 Å². The number of hydrogen-bond acceptors (Lipinski definition) is 4.